The molecule has 0 saturated carbocycles. The van der Waals surface area contributed by atoms with Crippen LogP contribution in [-0.2, 0) is 10.0 Å². The lowest BCUT2D eigenvalue weighted by Gasteiger charge is -2.24. The maximum Gasteiger partial charge on any atom is 0.276 e. The van der Waals surface area contributed by atoms with Crippen LogP contribution >= 0.6 is 0 Å². The van der Waals surface area contributed by atoms with E-state index >= 15 is 0 Å². The number of nitrogens with zero attached hydrogens (tertiary/aromatic N) is 1. The predicted molar refractivity (Wildman–Crippen MR) is 118 cm³/mol. The Hall–Kier alpha value is -2.40. The Balaban J connectivity index is 2.25. The molecule has 0 spiro atoms. The molecule has 0 aliphatic rings. The van der Waals surface area contributed by atoms with Gasteiger partial charge < -0.3 is 0 Å². The zero-order chi connectivity index (χ0) is 20.9. The summed E-state index contributed by atoms with van der Waals surface area (Å²) in [6.07, 6.45) is 4.27. The van der Waals surface area contributed by atoms with Crippen molar-refractivity contribution in [2.75, 3.05) is 0 Å². The van der Waals surface area contributed by atoms with E-state index in [0.717, 1.165) is 16.7 Å². The Morgan fingerprint density at radius 2 is 1.68 bits per heavy atom. The second kappa shape index (κ2) is 8.74. The number of benzene rings is 2. The molecule has 1 unspecified atom stereocenters. The van der Waals surface area contributed by atoms with Crippen LogP contribution in [0.25, 0.3) is 6.08 Å². The predicted octanol–water partition coefficient (Wildman–Crippen LogP) is 5.39. The summed E-state index contributed by atoms with van der Waals surface area (Å²) >= 11 is 0. The van der Waals surface area contributed by atoms with E-state index in [1.54, 1.807) is 31.2 Å². The summed E-state index contributed by atoms with van der Waals surface area (Å²) in [6.45, 7) is 12.5. The standard InChI is InChI=1S/C23H30N2O2S/c1-17-11-15-21(16-12-17)28(26,27)25-24-19(3)22-10-8-7-9-20(22)14-13-18(2)23(4,5)6/h7-16,18,25H,1-6H3/b14-13+,24-19+. The van der Waals surface area contributed by atoms with Crippen LogP contribution < -0.4 is 4.83 Å². The minimum atomic E-state index is -3.69. The number of allylic oxidation sites excluding steroid dienone is 1. The van der Waals surface area contributed by atoms with Gasteiger partial charge in [0, 0.05) is 5.56 Å². The van der Waals surface area contributed by atoms with Gasteiger partial charge in [0.05, 0.1) is 10.6 Å². The SMILES string of the molecule is C/C(=N\NS(=O)(=O)c1ccc(C)cc1)c1ccccc1/C=C/C(C)C(C)(C)C. The molecule has 0 saturated heterocycles. The molecule has 0 aromatic heterocycles. The van der Waals surface area contributed by atoms with Crippen molar-refractivity contribution in [1.82, 2.24) is 4.83 Å². The third kappa shape index (κ3) is 5.80. The van der Waals surface area contributed by atoms with Crippen molar-refractivity contribution in [3.05, 3.63) is 71.3 Å². The quantitative estimate of drug-likeness (QED) is 0.524. The third-order valence-electron chi connectivity index (χ3n) is 4.95. The Morgan fingerprint density at radius 1 is 1.07 bits per heavy atom. The van der Waals surface area contributed by atoms with Gasteiger partial charge in [-0.2, -0.15) is 18.4 Å². The van der Waals surface area contributed by atoms with Crippen molar-refractivity contribution < 1.29 is 8.42 Å². The highest BCUT2D eigenvalue weighted by Crippen LogP contribution is 2.27. The molecule has 0 aliphatic heterocycles. The largest absolute Gasteiger partial charge is 0.276 e. The smallest absolute Gasteiger partial charge is 0.200 e. The van der Waals surface area contributed by atoms with Gasteiger partial charge >= 0.3 is 0 Å². The van der Waals surface area contributed by atoms with Gasteiger partial charge in [-0.3, -0.25) is 0 Å². The molecule has 2 rings (SSSR count). The van der Waals surface area contributed by atoms with E-state index in [2.05, 4.69) is 49.8 Å². The molecule has 0 amide bonds. The monoisotopic (exact) mass is 398 g/mol. The first kappa shape index (κ1) is 21.9. The molecular formula is C23H30N2O2S. The van der Waals surface area contributed by atoms with Gasteiger partial charge in [-0.1, -0.05) is 81.8 Å². The van der Waals surface area contributed by atoms with Crippen LogP contribution in [0.1, 0.15) is 51.3 Å². The van der Waals surface area contributed by atoms with Gasteiger partial charge in [0.25, 0.3) is 10.0 Å². The van der Waals surface area contributed by atoms with E-state index in [4.69, 9.17) is 0 Å². The van der Waals surface area contributed by atoms with Gasteiger partial charge in [0.1, 0.15) is 0 Å². The van der Waals surface area contributed by atoms with Crippen LogP contribution in [0.2, 0.25) is 0 Å². The molecule has 28 heavy (non-hydrogen) atoms. The molecule has 5 heteroatoms. The third-order valence-corrected chi connectivity index (χ3v) is 6.17. The maximum atomic E-state index is 12.5. The first-order valence-electron chi connectivity index (χ1n) is 9.41. The molecule has 150 valence electrons. The normalized spacial score (nSPS) is 14.3. The number of hydrogen-bond donors (Lipinski definition) is 1. The summed E-state index contributed by atoms with van der Waals surface area (Å²) in [4.78, 5) is 2.54. The van der Waals surface area contributed by atoms with E-state index in [-0.39, 0.29) is 10.3 Å². The number of aryl methyl sites for hydroxylation is 1. The molecule has 4 nitrogen and oxygen atoms in total. The number of nitrogens with one attached hydrogen (secondary N) is 1. The minimum Gasteiger partial charge on any atom is -0.200 e. The van der Waals surface area contributed by atoms with Crippen molar-refractivity contribution in [2.45, 2.75) is 46.4 Å². The van der Waals surface area contributed by atoms with Crippen LogP contribution in [0.15, 0.2) is 64.6 Å². The summed E-state index contributed by atoms with van der Waals surface area (Å²) in [7, 11) is -3.69. The zero-order valence-electron chi connectivity index (χ0n) is 17.5. The number of hydrazone groups is 1. The van der Waals surface area contributed by atoms with Crippen molar-refractivity contribution >= 4 is 21.8 Å². The average molecular weight is 399 g/mol. The Labute approximate surface area is 169 Å². The van der Waals surface area contributed by atoms with E-state index in [0.29, 0.717) is 11.6 Å². The summed E-state index contributed by atoms with van der Waals surface area (Å²) in [5.41, 5.74) is 3.70. The lowest BCUT2D eigenvalue weighted by Crippen LogP contribution is -2.20. The summed E-state index contributed by atoms with van der Waals surface area (Å²) < 4.78 is 24.9. The lowest BCUT2D eigenvalue weighted by molar-refractivity contribution is 0.315. The fourth-order valence-corrected chi connectivity index (χ4v) is 3.32. The van der Waals surface area contributed by atoms with Gasteiger partial charge in [0.2, 0.25) is 0 Å². The zero-order valence-corrected chi connectivity index (χ0v) is 18.3. The number of sulfonamides is 1. The maximum absolute atomic E-state index is 12.5. The molecule has 1 N–H and O–H groups in total. The molecule has 0 bridgehead atoms. The first-order chi connectivity index (χ1) is 13.0. The Bertz CT molecular complexity index is 966. The highest BCUT2D eigenvalue weighted by atomic mass is 32.2. The molecule has 2 aromatic carbocycles. The molecule has 0 aliphatic carbocycles. The molecule has 0 heterocycles. The van der Waals surface area contributed by atoms with Crippen LogP contribution in [0.3, 0.4) is 0 Å². The topological polar surface area (TPSA) is 58.5 Å². The highest BCUT2D eigenvalue weighted by molar-refractivity contribution is 7.89. The Morgan fingerprint density at radius 3 is 2.29 bits per heavy atom. The van der Waals surface area contributed by atoms with Crippen molar-refractivity contribution in [3.63, 3.8) is 0 Å². The van der Waals surface area contributed by atoms with Crippen LogP contribution in [0, 0.1) is 18.3 Å². The van der Waals surface area contributed by atoms with Gasteiger partial charge in [0.15, 0.2) is 0 Å². The minimum absolute atomic E-state index is 0.179. The van der Waals surface area contributed by atoms with E-state index in [1.165, 1.54) is 0 Å². The second-order valence-electron chi connectivity index (χ2n) is 8.21. The van der Waals surface area contributed by atoms with Gasteiger partial charge in [-0.05, 0) is 42.9 Å². The van der Waals surface area contributed by atoms with E-state index < -0.39 is 10.0 Å². The summed E-state index contributed by atoms with van der Waals surface area (Å²) in [5, 5.41) is 4.15. The molecule has 2 aromatic rings. The van der Waals surface area contributed by atoms with E-state index in [9.17, 15) is 8.42 Å². The Kier molecular flexibility index (Phi) is 6.83. The van der Waals surface area contributed by atoms with Gasteiger partial charge in [-0.15, -0.1) is 0 Å². The van der Waals surface area contributed by atoms with Crippen molar-refractivity contribution in [1.29, 1.82) is 0 Å². The van der Waals surface area contributed by atoms with Crippen LogP contribution in [-0.4, -0.2) is 14.1 Å². The van der Waals surface area contributed by atoms with Crippen molar-refractivity contribution in [3.8, 4) is 0 Å². The fourth-order valence-electron chi connectivity index (χ4n) is 2.47. The molecule has 1 atom stereocenters. The molecular weight excluding hydrogens is 368 g/mol. The molecule has 0 radical (unpaired) electrons. The lowest BCUT2D eigenvalue weighted by atomic mass is 9.81. The first-order valence-corrected chi connectivity index (χ1v) is 10.9. The molecule has 0 fully saturated rings. The van der Waals surface area contributed by atoms with Crippen molar-refractivity contribution in [2.24, 2.45) is 16.4 Å². The fraction of sp³-hybridized carbons (Fsp3) is 0.348. The average Bonchev–Trinajstić information content (AvgIpc) is 2.64. The summed E-state index contributed by atoms with van der Waals surface area (Å²) in [5.74, 6) is 0.401. The second-order valence-corrected chi connectivity index (χ2v) is 9.87. The highest BCUT2D eigenvalue weighted by Gasteiger charge is 2.17. The van der Waals surface area contributed by atoms with Gasteiger partial charge in [-0.25, -0.2) is 0 Å². The van der Waals surface area contributed by atoms with E-state index in [1.807, 2.05) is 31.2 Å². The number of rotatable bonds is 6. The van der Waals surface area contributed by atoms with Crippen LogP contribution in [0.4, 0.5) is 0 Å². The number of hydrogen-bond acceptors (Lipinski definition) is 3. The summed E-state index contributed by atoms with van der Waals surface area (Å²) in [6, 6.07) is 14.5. The van der Waals surface area contributed by atoms with Crippen LogP contribution in [0.5, 0.6) is 0 Å².